The third-order valence-electron chi connectivity index (χ3n) is 6.60. The lowest BCUT2D eigenvalue weighted by Crippen LogP contribution is -2.44. The fourth-order valence-corrected chi connectivity index (χ4v) is 4.51. The van der Waals surface area contributed by atoms with Gasteiger partial charge in [0.1, 0.15) is 28.7 Å². The Morgan fingerprint density at radius 1 is 1.08 bits per heavy atom. The first-order chi connectivity index (χ1) is 17.5. The van der Waals surface area contributed by atoms with E-state index >= 15 is 0 Å². The molecule has 0 saturated carbocycles. The predicted octanol–water partition coefficient (Wildman–Crippen LogP) is 4.27. The molecule has 2 N–H and O–H groups in total. The van der Waals surface area contributed by atoms with Crippen molar-refractivity contribution in [3.8, 4) is 11.5 Å². The summed E-state index contributed by atoms with van der Waals surface area (Å²) in [7, 11) is 0. The molecular weight excluding hydrogens is 472 g/mol. The zero-order chi connectivity index (χ0) is 26.9. The Balaban J connectivity index is 1.64. The van der Waals surface area contributed by atoms with Crippen LogP contribution in [0.15, 0.2) is 45.6 Å². The van der Waals surface area contributed by atoms with Crippen molar-refractivity contribution < 1.29 is 23.5 Å². The van der Waals surface area contributed by atoms with Crippen molar-refractivity contribution in [2.24, 2.45) is 0 Å². The number of carbonyl (C=O) groups is 2. The Labute approximate surface area is 216 Å². The lowest BCUT2D eigenvalue weighted by Gasteiger charge is -2.33. The van der Waals surface area contributed by atoms with Gasteiger partial charge in [0, 0.05) is 23.2 Å². The van der Waals surface area contributed by atoms with Gasteiger partial charge in [-0.3, -0.25) is 9.59 Å². The summed E-state index contributed by atoms with van der Waals surface area (Å²) in [5.74, 6) is 0.183. The van der Waals surface area contributed by atoms with E-state index in [-0.39, 0.29) is 24.2 Å². The smallest absolute Gasteiger partial charge is 0.339 e. The molecule has 0 aliphatic carbocycles. The van der Waals surface area contributed by atoms with Crippen molar-refractivity contribution in [2.45, 2.75) is 72.1 Å². The van der Waals surface area contributed by atoms with Crippen LogP contribution in [0.2, 0.25) is 0 Å². The predicted molar refractivity (Wildman–Crippen MR) is 141 cm³/mol. The second-order valence-electron chi connectivity index (χ2n) is 10.4. The van der Waals surface area contributed by atoms with Gasteiger partial charge in [0.2, 0.25) is 5.91 Å². The third-order valence-corrected chi connectivity index (χ3v) is 6.60. The number of hydrogen-bond acceptors (Lipinski definition) is 6. The molecule has 0 spiro atoms. The zero-order valence-corrected chi connectivity index (χ0v) is 22.2. The topological polar surface area (TPSA) is 107 Å². The van der Waals surface area contributed by atoms with Crippen LogP contribution in [0.5, 0.6) is 11.5 Å². The van der Waals surface area contributed by atoms with E-state index in [1.807, 2.05) is 52.8 Å². The highest BCUT2D eigenvalue weighted by atomic mass is 16.5. The molecular formula is C29H34N2O6. The van der Waals surface area contributed by atoms with Crippen molar-refractivity contribution in [1.29, 1.82) is 0 Å². The van der Waals surface area contributed by atoms with Crippen LogP contribution < -0.4 is 25.7 Å². The molecule has 0 bridgehead atoms. The van der Waals surface area contributed by atoms with Crippen LogP contribution in [0, 0.1) is 13.8 Å². The van der Waals surface area contributed by atoms with Gasteiger partial charge < -0.3 is 24.5 Å². The highest BCUT2D eigenvalue weighted by Crippen LogP contribution is 2.43. The quantitative estimate of drug-likeness (QED) is 0.464. The van der Waals surface area contributed by atoms with Crippen molar-refractivity contribution >= 4 is 22.8 Å². The summed E-state index contributed by atoms with van der Waals surface area (Å²) in [6, 6.07) is 9.86. The molecule has 2 amide bonds. The summed E-state index contributed by atoms with van der Waals surface area (Å²) in [6.45, 7) is 10.9. The van der Waals surface area contributed by atoms with E-state index in [1.54, 1.807) is 25.1 Å². The van der Waals surface area contributed by atoms with Gasteiger partial charge in [-0.25, -0.2) is 4.79 Å². The number of aryl methyl sites for hydroxylation is 2. The Morgan fingerprint density at radius 3 is 2.46 bits per heavy atom. The highest BCUT2D eigenvalue weighted by Gasteiger charge is 2.31. The first-order valence-corrected chi connectivity index (χ1v) is 12.5. The molecule has 196 valence electrons. The second-order valence-corrected chi connectivity index (χ2v) is 10.4. The van der Waals surface area contributed by atoms with Gasteiger partial charge in [-0.05, 0) is 65.5 Å². The van der Waals surface area contributed by atoms with E-state index < -0.39 is 17.6 Å². The number of hydrogen-bond donors (Lipinski definition) is 2. The Morgan fingerprint density at radius 2 is 1.78 bits per heavy atom. The Hall–Kier alpha value is -3.81. The van der Waals surface area contributed by atoms with Crippen molar-refractivity contribution in [3.05, 3.63) is 69.1 Å². The van der Waals surface area contributed by atoms with E-state index in [1.165, 1.54) is 0 Å². The minimum absolute atomic E-state index is 0.0844. The molecule has 8 nitrogen and oxygen atoms in total. The summed E-state index contributed by atoms with van der Waals surface area (Å²) < 4.78 is 17.9. The number of ether oxygens (including phenoxy) is 2. The average molecular weight is 507 g/mol. The van der Waals surface area contributed by atoms with Crippen molar-refractivity contribution in [3.63, 3.8) is 0 Å². The first-order valence-electron chi connectivity index (χ1n) is 12.5. The number of rotatable bonds is 7. The summed E-state index contributed by atoms with van der Waals surface area (Å²) in [6.07, 6.45) is 1.46. The molecule has 4 rings (SSSR count). The number of carbonyl (C=O) groups excluding carboxylic acids is 2. The van der Waals surface area contributed by atoms with Crippen LogP contribution in [-0.4, -0.2) is 30.1 Å². The average Bonchev–Trinajstić information content (AvgIpc) is 2.83. The van der Waals surface area contributed by atoms with Crippen LogP contribution in [0.1, 0.15) is 62.4 Å². The Kier molecular flexibility index (Phi) is 7.30. The van der Waals surface area contributed by atoms with E-state index in [0.29, 0.717) is 40.0 Å². The zero-order valence-electron chi connectivity index (χ0n) is 22.2. The molecule has 0 fully saturated rings. The largest absolute Gasteiger partial charge is 0.487 e. The first kappa shape index (κ1) is 26.3. The molecule has 3 aromatic rings. The minimum atomic E-state index is -0.869. The van der Waals surface area contributed by atoms with Crippen molar-refractivity contribution in [2.75, 3.05) is 6.61 Å². The van der Waals surface area contributed by atoms with Gasteiger partial charge >= 0.3 is 5.63 Å². The van der Waals surface area contributed by atoms with Gasteiger partial charge in [-0.2, -0.15) is 0 Å². The molecule has 1 aromatic heterocycles. The summed E-state index contributed by atoms with van der Waals surface area (Å²) in [5.41, 5.74) is 2.32. The normalized spacial score (nSPS) is 15.0. The maximum atomic E-state index is 13.0. The third kappa shape index (κ3) is 5.63. The number of benzene rings is 2. The van der Waals surface area contributed by atoms with Crippen LogP contribution >= 0.6 is 0 Å². The summed E-state index contributed by atoms with van der Waals surface area (Å²) in [4.78, 5) is 38.3. The fraction of sp³-hybridized carbons (Fsp3) is 0.414. The molecule has 2 heterocycles. The van der Waals surface area contributed by atoms with E-state index in [4.69, 9.17) is 13.9 Å². The summed E-state index contributed by atoms with van der Waals surface area (Å²) in [5, 5.41) is 6.28. The van der Waals surface area contributed by atoms with E-state index in [9.17, 15) is 14.4 Å². The van der Waals surface area contributed by atoms with Crippen LogP contribution in [0.4, 0.5) is 0 Å². The van der Waals surface area contributed by atoms with Crippen molar-refractivity contribution in [1.82, 2.24) is 10.6 Å². The second kappa shape index (κ2) is 10.3. The van der Waals surface area contributed by atoms with Gasteiger partial charge in [0.25, 0.3) is 5.91 Å². The molecule has 1 aliphatic rings. The SMILES string of the molecule is Cc1c(C)c2c(OCC(=O)N[C@H](C(=O)NC(C)C)c3ccccc3)cc3c(c2oc1=O)CCC(C)(C)O3. The van der Waals surface area contributed by atoms with Crippen LogP contribution in [-0.2, 0) is 16.0 Å². The molecule has 0 unspecified atom stereocenters. The summed E-state index contributed by atoms with van der Waals surface area (Å²) >= 11 is 0. The van der Waals surface area contributed by atoms with Gasteiger partial charge in [-0.15, -0.1) is 0 Å². The molecule has 0 saturated heterocycles. The van der Waals surface area contributed by atoms with Crippen LogP contribution in [0.25, 0.3) is 11.0 Å². The molecule has 37 heavy (non-hydrogen) atoms. The lowest BCUT2D eigenvalue weighted by atomic mass is 9.92. The minimum Gasteiger partial charge on any atom is -0.487 e. The standard InChI is InChI=1S/C29H34N2O6/c1-16(2)30-27(33)25(19-10-8-7-9-11-19)31-23(32)15-35-22-14-21-20(12-13-29(5,6)37-21)26-24(22)17(3)18(4)28(34)36-26/h7-11,14,16,25H,12-13,15H2,1-6H3,(H,30,33)(H,31,32)/t25-/m0/s1. The lowest BCUT2D eigenvalue weighted by molar-refractivity contribution is -0.130. The number of amides is 2. The van der Waals surface area contributed by atoms with E-state index in [0.717, 1.165) is 17.5 Å². The monoisotopic (exact) mass is 506 g/mol. The highest BCUT2D eigenvalue weighted by molar-refractivity contribution is 5.93. The maximum Gasteiger partial charge on any atom is 0.339 e. The molecule has 8 heteroatoms. The molecule has 1 aliphatic heterocycles. The molecule has 0 radical (unpaired) electrons. The number of fused-ring (bicyclic) bond motifs is 3. The maximum absolute atomic E-state index is 13.0. The Bertz CT molecular complexity index is 1390. The molecule has 2 aromatic carbocycles. The number of nitrogens with one attached hydrogen (secondary N) is 2. The van der Waals surface area contributed by atoms with Crippen LogP contribution in [0.3, 0.4) is 0 Å². The van der Waals surface area contributed by atoms with Gasteiger partial charge in [0.05, 0.1) is 5.39 Å². The fourth-order valence-electron chi connectivity index (χ4n) is 4.51. The van der Waals surface area contributed by atoms with Gasteiger partial charge in [-0.1, -0.05) is 30.3 Å². The van der Waals surface area contributed by atoms with E-state index in [2.05, 4.69) is 10.6 Å². The van der Waals surface area contributed by atoms with Gasteiger partial charge in [0.15, 0.2) is 6.61 Å². The molecule has 1 atom stereocenters.